The molecule has 1 aliphatic rings. The Bertz CT molecular complexity index is 366. The molecule has 5 nitrogen and oxygen atoms in total. The van der Waals surface area contributed by atoms with E-state index in [4.69, 9.17) is 4.74 Å². The molecule has 1 N–H and O–H groups in total. The second kappa shape index (κ2) is 3.66. The third-order valence-electron chi connectivity index (χ3n) is 2.78. The summed E-state index contributed by atoms with van der Waals surface area (Å²) in [6.07, 6.45) is 4.66. The Morgan fingerprint density at radius 1 is 1.80 bits per heavy atom. The average molecular weight is 210 g/mol. The van der Waals surface area contributed by atoms with E-state index in [1.807, 2.05) is 11.5 Å². The molecule has 1 unspecified atom stereocenters. The Hall–Kier alpha value is -1.36. The standard InChI is InChI=1S/C10H14N2O3/c1-2-12-6-5-11-8(12)10(9(13)14)4-3-7-15-10/h5-6H,2-4,7H2,1H3,(H,13,14). The van der Waals surface area contributed by atoms with E-state index in [1.54, 1.807) is 12.4 Å². The Kier molecular flexibility index (Phi) is 2.48. The maximum absolute atomic E-state index is 11.3. The SMILES string of the molecule is CCn1ccnc1C1(C(=O)O)CCCO1. The summed E-state index contributed by atoms with van der Waals surface area (Å²) in [4.78, 5) is 15.4. The minimum atomic E-state index is -1.22. The number of nitrogens with zero attached hydrogens (tertiary/aromatic N) is 2. The van der Waals surface area contributed by atoms with Crippen LogP contribution < -0.4 is 0 Å². The number of aliphatic carboxylic acids is 1. The summed E-state index contributed by atoms with van der Waals surface area (Å²) in [6, 6.07) is 0. The molecule has 0 spiro atoms. The largest absolute Gasteiger partial charge is 0.479 e. The molecule has 0 bridgehead atoms. The van der Waals surface area contributed by atoms with Gasteiger partial charge in [0.15, 0.2) is 5.82 Å². The summed E-state index contributed by atoms with van der Waals surface area (Å²) in [5.74, 6) is -0.434. The lowest BCUT2D eigenvalue weighted by Gasteiger charge is -2.23. The van der Waals surface area contributed by atoms with E-state index in [9.17, 15) is 9.90 Å². The lowest BCUT2D eigenvalue weighted by atomic mass is 9.99. The van der Waals surface area contributed by atoms with Crippen LogP contribution >= 0.6 is 0 Å². The number of aryl methyl sites for hydroxylation is 1. The first-order chi connectivity index (χ1) is 7.20. The number of carbonyl (C=O) groups is 1. The third kappa shape index (κ3) is 1.43. The highest BCUT2D eigenvalue weighted by Crippen LogP contribution is 2.35. The normalized spacial score (nSPS) is 25.7. The Balaban J connectivity index is 2.45. The van der Waals surface area contributed by atoms with Gasteiger partial charge in [-0.15, -0.1) is 0 Å². The van der Waals surface area contributed by atoms with Crippen molar-refractivity contribution in [1.29, 1.82) is 0 Å². The summed E-state index contributed by atoms with van der Waals surface area (Å²) < 4.78 is 7.22. The molecule has 2 rings (SSSR count). The lowest BCUT2D eigenvalue weighted by molar-refractivity contribution is -0.162. The highest BCUT2D eigenvalue weighted by atomic mass is 16.5. The maximum atomic E-state index is 11.3. The summed E-state index contributed by atoms with van der Waals surface area (Å²) >= 11 is 0. The van der Waals surface area contributed by atoms with Crippen molar-refractivity contribution in [3.63, 3.8) is 0 Å². The van der Waals surface area contributed by atoms with Gasteiger partial charge in [0.1, 0.15) is 0 Å². The monoisotopic (exact) mass is 210 g/mol. The number of hydrogen-bond donors (Lipinski definition) is 1. The van der Waals surface area contributed by atoms with Crippen LogP contribution in [0.4, 0.5) is 0 Å². The quantitative estimate of drug-likeness (QED) is 0.808. The van der Waals surface area contributed by atoms with Gasteiger partial charge in [0.2, 0.25) is 5.60 Å². The van der Waals surface area contributed by atoms with Crippen molar-refractivity contribution in [2.24, 2.45) is 0 Å². The first-order valence-corrected chi connectivity index (χ1v) is 5.09. The number of carboxylic acids is 1. The third-order valence-corrected chi connectivity index (χ3v) is 2.78. The highest BCUT2D eigenvalue weighted by molar-refractivity contribution is 5.78. The van der Waals surface area contributed by atoms with Gasteiger partial charge in [-0.3, -0.25) is 0 Å². The van der Waals surface area contributed by atoms with Crippen molar-refractivity contribution in [2.75, 3.05) is 6.61 Å². The molecule has 2 heterocycles. The molecule has 1 aromatic rings. The molecule has 0 aliphatic carbocycles. The molecular formula is C10H14N2O3. The molecule has 1 saturated heterocycles. The molecule has 5 heteroatoms. The first-order valence-electron chi connectivity index (χ1n) is 5.09. The van der Waals surface area contributed by atoms with Gasteiger partial charge in [0, 0.05) is 25.5 Å². The average Bonchev–Trinajstić information content (AvgIpc) is 2.86. The zero-order chi connectivity index (χ0) is 10.9. The smallest absolute Gasteiger partial charge is 0.343 e. The summed E-state index contributed by atoms with van der Waals surface area (Å²) in [5.41, 5.74) is -1.22. The molecule has 0 aromatic carbocycles. The van der Waals surface area contributed by atoms with Crippen LogP contribution in [0.15, 0.2) is 12.4 Å². The molecule has 1 aliphatic heterocycles. The number of imidazole rings is 1. The summed E-state index contributed by atoms with van der Waals surface area (Å²) in [5, 5.41) is 9.28. The first kappa shape index (κ1) is 10.2. The van der Waals surface area contributed by atoms with Crippen LogP contribution in [0, 0.1) is 0 Å². The second-order valence-electron chi connectivity index (χ2n) is 3.62. The van der Waals surface area contributed by atoms with E-state index in [2.05, 4.69) is 4.98 Å². The fraction of sp³-hybridized carbons (Fsp3) is 0.600. The number of aromatic nitrogens is 2. The van der Waals surface area contributed by atoms with Crippen molar-refractivity contribution in [3.05, 3.63) is 18.2 Å². The molecule has 1 atom stereocenters. The maximum Gasteiger partial charge on any atom is 0.343 e. The van der Waals surface area contributed by atoms with E-state index >= 15 is 0 Å². The van der Waals surface area contributed by atoms with E-state index in [0.29, 0.717) is 25.4 Å². The van der Waals surface area contributed by atoms with Crippen LogP contribution in [-0.4, -0.2) is 27.2 Å². The van der Waals surface area contributed by atoms with Crippen molar-refractivity contribution >= 4 is 5.97 Å². The predicted molar refractivity (Wildman–Crippen MR) is 52.4 cm³/mol. The fourth-order valence-electron chi connectivity index (χ4n) is 2.00. The Morgan fingerprint density at radius 3 is 3.13 bits per heavy atom. The van der Waals surface area contributed by atoms with Crippen molar-refractivity contribution in [1.82, 2.24) is 9.55 Å². The molecule has 82 valence electrons. The van der Waals surface area contributed by atoms with Crippen molar-refractivity contribution in [2.45, 2.75) is 31.9 Å². The Labute approximate surface area is 87.7 Å². The van der Waals surface area contributed by atoms with E-state index < -0.39 is 11.6 Å². The van der Waals surface area contributed by atoms with Crippen LogP contribution in [-0.2, 0) is 21.7 Å². The van der Waals surface area contributed by atoms with E-state index in [1.165, 1.54) is 0 Å². The molecule has 15 heavy (non-hydrogen) atoms. The van der Waals surface area contributed by atoms with E-state index in [-0.39, 0.29) is 0 Å². The van der Waals surface area contributed by atoms with Gasteiger partial charge in [0.25, 0.3) is 0 Å². The molecular weight excluding hydrogens is 196 g/mol. The minimum Gasteiger partial charge on any atom is -0.479 e. The van der Waals surface area contributed by atoms with Crippen LogP contribution in [0.25, 0.3) is 0 Å². The zero-order valence-corrected chi connectivity index (χ0v) is 8.64. The summed E-state index contributed by atoms with van der Waals surface area (Å²) in [6.45, 7) is 3.15. The number of carboxylic acid groups (broad SMARTS) is 1. The van der Waals surface area contributed by atoms with E-state index in [0.717, 1.165) is 6.42 Å². The predicted octanol–water partition coefficient (Wildman–Crippen LogP) is 0.993. The molecule has 1 fully saturated rings. The molecule has 1 aromatic heterocycles. The van der Waals surface area contributed by atoms with Crippen LogP contribution in [0.3, 0.4) is 0 Å². The summed E-state index contributed by atoms with van der Waals surface area (Å²) in [7, 11) is 0. The molecule has 0 radical (unpaired) electrons. The highest BCUT2D eigenvalue weighted by Gasteiger charge is 2.48. The van der Waals surface area contributed by atoms with Crippen LogP contribution in [0.1, 0.15) is 25.6 Å². The van der Waals surface area contributed by atoms with Crippen LogP contribution in [0.5, 0.6) is 0 Å². The van der Waals surface area contributed by atoms with Crippen molar-refractivity contribution in [3.8, 4) is 0 Å². The number of hydrogen-bond acceptors (Lipinski definition) is 3. The lowest BCUT2D eigenvalue weighted by Crippen LogP contribution is -2.37. The minimum absolute atomic E-state index is 0.489. The number of ether oxygens (including phenoxy) is 1. The van der Waals surface area contributed by atoms with Gasteiger partial charge in [-0.2, -0.15) is 0 Å². The van der Waals surface area contributed by atoms with Crippen LogP contribution in [0.2, 0.25) is 0 Å². The van der Waals surface area contributed by atoms with Gasteiger partial charge in [-0.05, 0) is 19.8 Å². The van der Waals surface area contributed by atoms with Gasteiger partial charge < -0.3 is 14.4 Å². The molecule has 0 amide bonds. The second-order valence-corrected chi connectivity index (χ2v) is 3.62. The van der Waals surface area contributed by atoms with Gasteiger partial charge in [0.05, 0.1) is 0 Å². The fourth-order valence-corrected chi connectivity index (χ4v) is 2.00. The van der Waals surface area contributed by atoms with Crippen molar-refractivity contribution < 1.29 is 14.6 Å². The number of rotatable bonds is 3. The van der Waals surface area contributed by atoms with Gasteiger partial charge in [-0.25, -0.2) is 9.78 Å². The Morgan fingerprint density at radius 2 is 2.60 bits per heavy atom. The zero-order valence-electron chi connectivity index (χ0n) is 8.64. The molecule has 0 saturated carbocycles. The van der Waals surface area contributed by atoms with Gasteiger partial charge >= 0.3 is 5.97 Å². The topological polar surface area (TPSA) is 64.4 Å². The van der Waals surface area contributed by atoms with Gasteiger partial charge in [-0.1, -0.05) is 0 Å².